The molecule has 9 nitrogen and oxygen atoms in total. The van der Waals surface area contributed by atoms with Crippen molar-refractivity contribution in [1.82, 2.24) is 10.2 Å². The quantitative estimate of drug-likeness (QED) is 0.154. The third-order valence-corrected chi connectivity index (χ3v) is 9.57. The second-order valence-corrected chi connectivity index (χ2v) is 13.1. The number of aryl methyl sites for hydroxylation is 1. The first-order valence-corrected chi connectivity index (χ1v) is 17.1. The van der Waals surface area contributed by atoms with Gasteiger partial charge in [-0.05, 0) is 48.7 Å². The molecule has 0 heterocycles. The molecule has 4 aromatic rings. The number of ether oxygens (including phenoxy) is 2. The number of unbranched alkanes of at least 4 members (excludes halogenated alkanes) is 1. The van der Waals surface area contributed by atoms with Gasteiger partial charge in [-0.3, -0.25) is 13.9 Å². The van der Waals surface area contributed by atoms with E-state index < -0.39 is 28.5 Å². The number of amides is 2. The zero-order valence-electron chi connectivity index (χ0n) is 27.4. The van der Waals surface area contributed by atoms with Gasteiger partial charge in [0.05, 0.1) is 24.8 Å². The van der Waals surface area contributed by atoms with Crippen molar-refractivity contribution < 1.29 is 27.5 Å². The van der Waals surface area contributed by atoms with E-state index >= 15 is 0 Å². The molecular formula is C37H43N3O6S. The first kappa shape index (κ1) is 35.0. The van der Waals surface area contributed by atoms with E-state index in [9.17, 15) is 18.0 Å². The number of anilines is 1. The van der Waals surface area contributed by atoms with Gasteiger partial charge in [-0.15, -0.1) is 0 Å². The second kappa shape index (κ2) is 16.6. The Morgan fingerprint density at radius 3 is 2.11 bits per heavy atom. The second-order valence-electron chi connectivity index (χ2n) is 11.2. The van der Waals surface area contributed by atoms with Crippen LogP contribution in [0.3, 0.4) is 0 Å². The van der Waals surface area contributed by atoms with Crippen LogP contribution < -0.4 is 19.1 Å². The van der Waals surface area contributed by atoms with Gasteiger partial charge in [0.1, 0.15) is 12.6 Å². The molecule has 4 rings (SSSR count). The molecule has 0 aliphatic carbocycles. The number of nitrogens with zero attached hydrogens (tertiary/aromatic N) is 2. The fourth-order valence-corrected chi connectivity index (χ4v) is 6.72. The molecule has 0 spiro atoms. The summed E-state index contributed by atoms with van der Waals surface area (Å²) in [5.41, 5.74) is 3.01. The maximum absolute atomic E-state index is 14.6. The number of hydrogen-bond acceptors (Lipinski definition) is 6. The fraction of sp³-hybridized carbons (Fsp3) is 0.297. The van der Waals surface area contributed by atoms with Gasteiger partial charge in [0.15, 0.2) is 11.5 Å². The molecule has 0 aromatic heterocycles. The van der Waals surface area contributed by atoms with E-state index in [0.29, 0.717) is 18.0 Å². The maximum Gasteiger partial charge on any atom is 0.264 e. The van der Waals surface area contributed by atoms with Crippen LogP contribution in [0.4, 0.5) is 5.69 Å². The lowest BCUT2D eigenvalue weighted by atomic mass is 10.0. The van der Waals surface area contributed by atoms with E-state index in [1.807, 2.05) is 68.4 Å². The number of sulfonamides is 1. The van der Waals surface area contributed by atoms with E-state index in [1.54, 1.807) is 30.3 Å². The molecule has 0 aliphatic rings. The number of para-hydroxylation sites is 1. The lowest BCUT2D eigenvalue weighted by Crippen LogP contribution is -2.53. The number of benzene rings is 4. The molecule has 47 heavy (non-hydrogen) atoms. The normalized spacial score (nSPS) is 11.7. The SMILES string of the molecule is CCCCNC(=O)C(Cc1ccccc1)N(Cc1cccc(C)c1)C(=O)CN(c1ccccc1)S(=O)(=O)c1ccc(OC)c(OC)c1. The molecule has 0 bridgehead atoms. The third-order valence-electron chi connectivity index (χ3n) is 7.80. The number of nitrogens with one attached hydrogen (secondary N) is 1. The zero-order chi connectivity index (χ0) is 33.8. The molecule has 1 atom stereocenters. The average Bonchev–Trinajstić information content (AvgIpc) is 3.09. The molecule has 0 saturated heterocycles. The smallest absolute Gasteiger partial charge is 0.264 e. The van der Waals surface area contributed by atoms with Crippen LogP contribution in [0, 0.1) is 6.92 Å². The number of carbonyl (C=O) groups is 2. The summed E-state index contributed by atoms with van der Waals surface area (Å²) < 4.78 is 40.4. The summed E-state index contributed by atoms with van der Waals surface area (Å²) in [5, 5.41) is 3.01. The molecule has 1 N–H and O–H groups in total. The minimum Gasteiger partial charge on any atom is -0.493 e. The Bertz CT molecular complexity index is 1730. The number of rotatable bonds is 16. The molecular weight excluding hydrogens is 614 g/mol. The van der Waals surface area contributed by atoms with Gasteiger partial charge in [0.2, 0.25) is 11.8 Å². The highest BCUT2D eigenvalue weighted by molar-refractivity contribution is 7.92. The van der Waals surface area contributed by atoms with Gasteiger partial charge in [-0.2, -0.15) is 0 Å². The molecule has 2 amide bonds. The lowest BCUT2D eigenvalue weighted by Gasteiger charge is -2.34. The highest BCUT2D eigenvalue weighted by atomic mass is 32.2. The minimum atomic E-state index is -4.29. The fourth-order valence-electron chi connectivity index (χ4n) is 5.29. The third kappa shape index (κ3) is 9.13. The molecule has 4 aromatic carbocycles. The number of carbonyl (C=O) groups excluding carboxylic acids is 2. The van der Waals surface area contributed by atoms with Crippen LogP contribution in [0.25, 0.3) is 0 Å². The van der Waals surface area contributed by atoms with Crippen LogP contribution in [-0.4, -0.2) is 58.5 Å². The summed E-state index contributed by atoms with van der Waals surface area (Å²) in [6, 6.07) is 29.1. The first-order chi connectivity index (χ1) is 22.7. The van der Waals surface area contributed by atoms with E-state index in [0.717, 1.165) is 33.8 Å². The zero-order valence-corrected chi connectivity index (χ0v) is 28.2. The topological polar surface area (TPSA) is 105 Å². The highest BCUT2D eigenvalue weighted by Crippen LogP contribution is 2.32. The average molecular weight is 658 g/mol. The van der Waals surface area contributed by atoms with Gasteiger partial charge in [-0.25, -0.2) is 8.42 Å². The Kier molecular flexibility index (Phi) is 12.4. The Morgan fingerprint density at radius 2 is 1.47 bits per heavy atom. The molecule has 10 heteroatoms. The van der Waals surface area contributed by atoms with E-state index in [4.69, 9.17) is 9.47 Å². The number of methoxy groups -OCH3 is 2. The van der Waals surface area contributed by atoms with E-state index in [2.05, 4.69) is 5.32 Å². The van der Waals surface area contributed by atoms with Crippen LogP contribution in [0.2, 0.25) is 0 Å². The maximum atomic E-state index is 14.6. The number of hydrogen-bond donors (Lipinski definition) is 1. The summed E-state index contributed by atoms with van der Waals surface area (Å²) in [6.07, 6.45) is 1.95. The van der Waals surface area contributed by atoms with Crippen molar-refractivity contribution in [3.63, 3.8) is 0 Å². The summed E-state index contributed by atoms with van der Waals surface area (Å²) in [5.74, 6) is -0.208. The molecule has 0 aliphatic heterocycles. The molecule has 248 valence electrons. The first-order valence-electron chi connectivity index (χ1n) is 15.6. The van der Waals surface area contributed by atoms with Crippen molar-refractivity contribution in [1.29, 1.82) is 0 Å². The van der Waals surface area contributed by atoms with Crippen molar-refractivity contribution in [3.8, 4) is 11.5 Å². The van der Waals surface area contributed by atoms with Crippen LogP contribution in [0.1, 0.15) is 36.5 Å². The summed E-state index contributed by atoms with van der Waals surface area (Å²) >= 11 is 0. The lowest BCUT2D eigenvalue weighted by molar-refractivity contribution is -0.140. The minimum absolute atomic E-state index is 0.0739. The van der Waals surface area contributed by atoms with Gasteiger partial charge in [0, 0.05) is 25.6 Å². The Balaban J connectivity index is 1.79. The van der Waals surface area contributed by atoms with Gasteiger partial charge >= 0.3 is 0 Å². The predicted octanol–water partition coefficient (Wildman–Crippen LogP) is 5.76. The summed E-state index contributed by atoms with van der Waals surface area (Å²) in [7, 11) is -1.40. The van der Waals surface area contributed by atoms with Crippen LogP contribution >= 0.6 is 0 Å². The van der Waals surface area contributed by atoms with Crippen LogP contribution in [-0.2, 0) is 32.6 Å². The molecule has 0 fully saturated rings. The molecule has 0 radical (unpaired) electrons. The van der Waals surface area contributed by atoms with Crippen molar-refractivity contribution in [3.05, 3.63) is 120 Å². The Morgan fingerprint density at radius 1 is 0.809 bits per heavy atom. The standard InChI is InChI=1S/C37H43N3O6S/c1-5-6-22-38-37(42)33(24-29-15-9-7-10-16-29)39(26-30-17-13-14-28(2)23-30)36(41)27-40(31-18-11-8-12-19-31)47(43,44)32-20-21-34(45-3)35(25-32)46-4/h7-21,23,25,33H,5-6,22,24,26-27H2,1-4H3,(H,38,42). The predicted molar refractivity (Wildman–Crippen MR) is 184 cm³/mol. The van der Waals surface area contributed by atoms with Crippen molar-refractivity contribution in [2.45, 2.75) is 50.6 Å². The van der Waals surface area contributed by atoms with Crippen LogP contribution in [0.5, 0.6) is 11.5 Å². The summed E-state index contributed by atoms with van der Waals surface area (Å²) in [6.45, 7) is 4.04. The van der Waals surface area contributed by atoms with Gasteiger partial charge in [-0.1, -0.05) is 91.7 Å². The Labute approximate surface area is 278 Å². The van der Waals surface area contributed by atoms with Crippen molar-refractivity contribution in [2.24, 2.45) is 0 Å². The monoisotopic (exact) mass is 657 g/mol. The molecule has 1 unspecified atom stereocenters. The van der Waals surface area contributed by atoms with Gasteiger partial charge in [0.25, 0.3) is 10.0 Å². The van der Waals surface area contributed by atoms with Crippen LogP contribution in [0.15, 0.2) is 108 Å². The molecule has 0 saturated carbocycles. The largest absolute Gasteiger partial charge is 0.493 e. The Hall–Kier alpha value is -4.83. The highest BCUT2D eigenvalue weighted by Gasteiger charge is 2.35. The van der Waals surface area contributed by atoms with E-state index in [1.165, 1.54) is 37.3 Å². The van der Waals surface area contributed by atoms with E-state index in [-0.39, 0.29) is 29.5 Å². The summed E-state index contributed by atoms with van der Waals surface area (Å²) in [4.78, 5) is 29.9. The van der Waals surface area contributed by atoms with Crippen molar-refractivity contribution in [2.75, 3.05) is 31.6 Å². The van der Waals surface area contributed by atoms with Crippen molar-refractivity contribution >= 4 is 27.5 Å². The van der Waals surface area contributed by atoms with Gasteiger partial charge < -0.3 is 19.7 Å².